The number of carbonyl (C=O) groups excluding carboxylic acids is 1. The highest BCUT2D eigenvalue weighted by Crippen LogP contribution is 2.40. The van der Waals surface area contributed by atoms with E-state index in [4.69, 9.17) is 0 Å². The molecule has 0 aliphatic carbocycles. The third kappa shape index (κ3) is 4.98. The molecule has 31 heavy (non-hydrogen) atoms. The van der Waals surface area contributed by atoms with Gasteiger partial charge in [-0.15, -0.1) is 0 Å². The molecule has 3 aromatic carbocycles. The molecule has 4 rings (SSSR count). The Kier molecular flexibility index (Phi) is 6.44. The van der Waals surface area contributed by atoms with Gasteiger partial charge >= 0.3 is 0 Å². The molecule has 1 aliphatic rings. The number of fused-ring (bicyclic) bond motifs is 1. The number of benzene rings is 3. The van der Waals surface area contributed by atoms with Gasteiger partial charge in [-0.2, -0.15) is 0 Å². The van der Waals surface area contributed by atoms with Crippen LogP contribution in [0, 0.1) is 6.92 Å². The summed E-state index contributed by atoms with van der Waals surface area (Å²) >= 11 is 8.17. The summed E-state index contributed by atoms with van der Waals surface area (Å²) in [5.74, 6) is -0.408. The van der Waals surface area contributed by atoms with Gasteiger partial charge in [0.2, 0.25) is 0 Å². The second kappa shape index (κ2) is 8.94. The Balaban J connectivity index is 1.62. The van der Waals surface area contributed by atoms with Gasteiger partial charge in [0.05, 0.1) is 21.2 Å². The third-order valence-electron chi connectivity index (χ3n) is 4.77. The van der Waals surface area contributed by atoms with Crippen LogP contribution >= 0.6 is 43.6 Å². The van der Waals surface area contributed by atoms with Crippen LogP contribution in [0.15, 0.2) is 84.3 Å². The highest BCUT2D eigenvalue weighted by Gasteiger charge is 2.25. The average molecular weight is 579 g/mol. The minimum Gasteiger partial charge on any atom is -0.320 e. The van der Waals surface area contributed by atoms with E-state index in [0.717, 1.165) is 25.0 Å². The number of anilines is 1. The molecule has 158 valence electrons. The summed E-state index contributed by atoms with van der Waals surface area (Å²) < 4.78 is 27.5. The molecule has 3 aromatic rings. The fourth-order valence-electron chi connectivity index (χ4n) is 3.09. The lowest BCUT2D eigenvalue weighted by Gasteiger charge is -2.19. The molecule has 0 spiro atoms. The first-order chi connectivity index (χ1) is 14.7. The number of rotatable bonds is 4. The predicted molar refractivity (Wildman–Crippen MR) is 133 cm³/mol. The molecule has 8 heteroatoms. The lowest BCUT2D eigenvalue weighted by molar-refractivity contribution is -0.112. The maximum absolute atomic E-state index is 13.0. The Morgan fingerprint density at radius 3 is 2.35 bits per heavy atom. The van der Waals surface area contributed by atoms with Crippen LogP contribution in [-0.4, -0.2) is 14.3 Å². The second-order valence-electron chi connectivity index (χ2n) is 7.09. The van der Waals surface area contributed by atoms with Crippen LogP contribution in [0.3, 0.4) is 0 Å². The second-order valence-corrected chi connectivity index (χ2v) is 11.9. The Morgan fingerprint density at radius 1 is 1.00 bits per heavy atom. The third-order valence-corrected chi connectivity index (χ3v) is 9.00. The maximum atomic E-state index is 13.0. The van der Waals surface area contributed by atoms with Gasteiger partial charge in [0, 0.05) is 13.8 Å². The molecule has 1 N–H and O–H groups in total. The van der Waals surface area contributed by atoms with Gasteiger partial charge in [0.25, 0.3) is 5.91 Å². The van der Waals surface area contributed by atoms with Gasteiger partial charge in [-0.25, -0.2) is 8.42 Å². The van der Waals surface area contributed by atoms with Crippen LogP contribution in [0.5, 0.6) is 0 Å². The number of thioether (sulfide) groups is 1. The van der Waals surface area contributed by atoms with Crippen molar-refractivity contribution in [3.8, 4) is 0 Å². The van der Waals surface area contributed by atoms with E-state index in [-0.39, 0.29) is 16.6 Å². The van der Waals surface area contributed by atoms with Gasteiger partial charge in [0.15, 0.2) is 9.84 Å². The van der Waals surface area contributed by atoms with Crippen LogP contribution < -0.4 is 5.32 Å². The molecule has 0 radical (unpaired) electrons. The van der Waals surface area contributed by atoms with E-state index in [9.17, 15) is 13.2 Å². The monoisotopic (exact) mass is 577 g/mol. The van der Waals surface area contributed by atoms with Crippen molar-refractivity contribution < 1.29 is 13.2 Å². The van der Waals surface area contributed by atoms with Crippen molar-refractivity contribution in [1.29, 1.82) is 0 Å². The van der Waals surface area contributed by atoms with Crippen LogP contribution in [-0.2, 0) is 20.4 Å². The predicted octanol–water partition coefficient (Wildman–Crippen LogP) is 6.58. The fraction of sp³-hybridized carbons (Fsp3) is 0.0870. The number of hydrogen-bond donors (Lipinski definition) is 1. The average Bonchev–Trinajstić information content (AvgIpc) is 2.72. The summed E-state index contributed by atoms with van der Waals surface area (Å²) in [6, 6.07) is 18.2. The van der Waals surface area contributed by atoms with E-state index in [1.54, 1.807) is 24.3 Å². The first-order valence-electron chi connectivity index (χ1n) is 9.30. The van der Waals surface area contributed by atoms with Crippen molar-refractivity contribution in [2.45, 2.75) is 22.5 Å². The van der Waals surface area contributed by atoms with Crippen molar-refractivity contribution in [3.63, 3.8) is 0 Å². The zero-order valence-electron chi connectivity index (χ0n) is 16.4. The Bertz CT molecular complexity index is 1300. The SMILES string of the molecule is Cc1ccc(/C=C2/Sc3ccc(S(=O)(=O)Cc4c(Br)cccc4Br)cc3NC2=O)cc1. The summed E-state index contributed by atoms with van der Waals surface area (Å²) in [4.78, 5) is 14.1. The van der Waals surface area contributed by atoms with Gasteiger partial charge in [-0.1, -0.05) is 79.5 Å². The van der Waals surface area contributed by atoms with Crippen LogP contribution in [0.25, 0.3) is 6.08 Å². The summed E-state index contributed by atoms with van der Waals surface area (Å²) in [5, 5.41) is 2.83. The number of sulfone groups is 1. The van der Waals surface area contributed by atoms with E-state index in [0.29, 0.717) is 16.2 Å². The zero-order chi connectivity index (χ0) is 22.2. The quantitative estimate of drug-likeness (QED) is 0.355. The van der Waals surface area contributed by atoms with Crippen LogP contribution in [0.1, 0.15) is 16.7 Å². The van der Waals surface area contributed by atoms with Crippen LogP contribution in [0.2, 0.25) is 0 Å². The normalized spacial score (nSPS) is 14.9. The number of carbonyl (C=O) groups is 1. The number of amides is 1. The highest BCUT2D eigenvalue weighted by molar-refractivity contribution is 9.11. The smallest absolute Gasteiger partial charge is 0.262 e. The summed E-state index contributed by atoms with van der Waals surface area (Å²) in [5.41, 5.74) is 3.24. The van der Waals surface area contributed by atoms with Crippen molar-refractivity contribution >= 4 is 71.1 Å². The molecule has 0 unspecified atom stereocenters. The van der Waals surface area contributed by atoms with E-state index in [2.05, 4.69) is 37.2 Å². The Morgan fingerprint density at radius 2 is 1.68 bits per heavy atom. The minimum absolute atomic E-state index is 0.159. The Labute approximate surface area is 202 Å². The van der Waals surface area contributed by atoms with Gasteiger partial charge in [-0.05, 0) is 54.5 Å². The maximum Gasteiger partial charge on any atom is 0.262 e. The summed E-state index contributed by atoms with van der Waals surface area (Å²) in [6.45, 7) is 2.01. The molecule has 1 aliphatic heterocycles. The van der Waals surface area contributed by atoms with Crippen molar-refractivity contribution in [1.82, 2.24) is 0 Å². The lowest BCUT2D eigenvalue weighted by Crippen LogP contribution is -2.18. The van der Waals surface area contributed by atoms with E-state index >= 15 is 0 Å². The molecule has 0 fully saturated rings. The molecule has 1 heterocycles. The summed E-state index contributed by atoms with van der Waals surface area (Å²) in [6.07, 6.45) is 1.83. The number of nitrogens with one attached hydrogen (secondary N) is 1. The molecule has 1 amide bonds. The van der Waals surface area contributed by atoms with E-state index in [1.165, 1.54) is 17.8 Å². The number of aryl methyl sites for hydroxylation is 1. The molecule has 0 bridgehead atoms. The van der Waals surface area contributed by atoms with Crippen molar-refractivity contribution in [3.05, 3.63) is 91.2 Å². The van der Waals surface area contributed by atoms with Crippen molar-refractivity contribution in [2.24, 2.45) is 0 Å². The van der Waals surface area contributed by atoms with E-state index in [1.807, 2.05) is 43.3 Å². The lowest BCUT2D eigenvalue weighted by atomic mass is 10.1. The standard InChI is InChI=1S/C23H17Br2NO3S2/c1-14-5-7-15(8-6-14)11-22-23(27)26-20-12-16(9-10-21(20)30-22)31(28,29)13-17-18(24)3-2-4-19(17)25/h2-12H,13H2,1H3,(H,26,27)/b22-11+. The van der Waals surface area contributed by atoms with E-state index < -0.39 is 9.84 Å². The molecular weight excluding hydrogens is 562 g/mol. The van der Waals surface area contributed by atoms with Gasteiger partial charge < -0.3 is 5.32 Å². The first-order valence-corrected chi connectivity index (χ1v) is 13.4. The highest BCUT2D eigenvalue weighted by atomic mass is 79.9. The molecular formula is C23H17Br2NO3S2. The largest absolute Gasteiger partial charge is 0.320 e. The number of hydrogen-bond acceptors (Lipinski definition) is 4. The summed E-state index contributed by atoms with van der Waals surface area (Å²) in [7, 11) is -3.61. The topological polar surface area (TPSA) is 63.2 Å². The zero-order valence-corrected chi connectivity index (χ0v) is 21.2. The number of halogens is 2. The Hall–Kier alpha value is -1.87. The molecule has 0 saturated carbocycles. The first kappa shape index (κ1) is 22.3. The molecule has 4 nitrogen and oxygen atoms in total. The molecule has 0 atom stereocenters. The minimum atomic E-state index is -3.61. The molecule has 0 aromatic heterocycles. The van der Waals surface area contributed by atoms with Gasteiger partial charge in [0.1, 0.15) is 0 Å². The van der Waals surface area contributed by atoms with Crippen molar-refractivity contribution in [2.75, 3.05) is 5.32 Å². The fourth-order valence-corrected chi connectivity index (χ4v) is 7.10. The molecule has 0 saturated heterocycles. The van der Waals surface area contributed by atoms with Gasteiger partial charge in [-0.3, -0.25) is 4.79 Å². The van der Waals surface area contributed by atoms with Crippen LogP contribution in [0.4, 0.5) is 5.69 Å².